The number of nitrogens with zero attached hydrogens (tertiary/aromatic N) is 2. The summed E-state index contributed by atoms with van der Waals surface area (Å²) < 4.78 is 6.94. The van der Waals surface area contributed by atoms with Crippen LogP contribution in [0.3, 0.4) is 0 Å². The minimum Gasteiger partial charge on any atom is -0.383 e. The SMILES string of the molecule is COCCNC(=O)c1cc2cn(CC3CNC3)nc2cc1C.Cl. The molecule has 1 amide bonds. The van der Waals surface area contributed by atoms with Crippen molar-refractivity contribution in [2.45, 2.75) is 13.5 Å². The molecule has 2 N–H and O–H groups in total. The summed E-state index contributed by atoms with van der Waals surface area (Å²) in [5, 5.41) is 11.7. The van der Waals surface area contributed by atoms with E-state index in [1.54, 1.807) is 7.11 Å². The van der Waals surface area contributed by atoms with Crippen LogP contribution in [0.5, 0.6) is 0 Å². The van der Waals surface area contributed by atoms with Crippen LogP contribution < -0.4 is 10.6 Å². The molecule has 1 saturated heterocycles. The monoisotopic (exact) mass is 338 g/mol. The summed E-state index contributed by atoms with van der Waals surface area (Å²) in [5.74, 6) is 0.597. The predicted molar refractivity (Wildman–Crippen MR) is 92.3 cm³/mol. The molecule has 0 aliphatic carbocycles. The molecular weight excluding hydrogens is 316 g/mol. The summed E-state index contributed by atoms with van der Waals surface area (Å²) in [5.41, 5.74) is 2.59. The van der Waals surface area contributed by atoms with E-state index in [-0.39, 0.29) is 18.3 Å². The summed E-state index contributed by atoms with van der Waals surface area (Å²) in [6, 6.07) is 3.91. The first-order chi connectivity index (χ1) is 10.7. The van der Waals surface area contributed by atoms with E-state index >= 15 is 0 Å². The Bertz CT molecular complexity index is 682. The first-order valence-corrected chi connectivity index (χ1v) is 7.63. The van der Waals surface area contributed by atoms with Crippen molar-refractivity contribution in [3.63, 3.8) is 0 Å². The van der Waals surface area contributed by atoms with Gasteiger partial charge < -0.3 is 15.4 Å². The van der Waals surface area contributed by atoms with E-state index in [0.29, 0.717) is 24.6 Å². The predicted octanol–water partition coefficient (Wildman–Crippen LogP) is 1.36. The van der Waals surface area contributed by atoms with Gasteiger partial charge in [-0.3, -0.25) is 9.48 Å². The number of carbonyl (C=O) groups excluding carboxylic acids is 1. The molecule has 2 heterocycles. The molecule has 0 atom stereocenters. The molecule has 1 aliphatic heterocycles. The van der Waals surface area contributed by atoms with Crippen molar-refractivity contribution in [1.82, 2.24) is 20.4 Å². The number of aromatic nitrogens is 2. The number of fused-ring (bicyclic) bond motifs is 1. The van der Waals surface area contributed by atoms with Gasteiger partial charge in [-0.2, -0.15) is 5.10 Å². The number of aryl methyl sites for hydroxylation is 1. The quantitative estimate of drug-likeness (QED) is 0.780. The lowest BCUT2D eigenvalue weighted by Crippen LogP contribution is -2.44. The van der Waals surface area contributed by atoms with E-state index in [9.17, 15) is 4.79 Å². The Hall–Kier alpha value is -1.63. The molecule has 3 rings (SSSR count). The Kier molecular flexibility index (Phi) is 5.98. The van der Waals surface area contributed by atoms with Gasteiger partial charge in [-0.1, -0.05) is 0 Å². The maximum absolute atomic E-state index is 12.2. The fraction of sp³-hybridized carbons (Fsp3) is 0.500. The second-order valence-corrected chi connectivity index (χ2v) is 5.85. The summed E-state index contributed by atoms with van der Waals surface area (Å²) >= 11 is 0. The van der Waals surface area contributed by atoms with Crippen LogP contribution in [-0.4, -0.2) is 49.0 Å². The minimum absolute atomic E-state index is 0. The molecule has 2 aromatic rings. The third-order valence-corrected chi connectivity index (χ3v) is 4.05. The Balaban J connectivity index is 0.00000192. The maximum atomic E-state index is 12.2. The van der Waals surface area contributed by atoms with Crippen LogP contribution in [0.2, 0.25) is 0 Å². The smallest absolute Gasteiger partial charge is 0.251 e. The van der Waals surface area contributed by atoms with Crippen molar-refractivity contribution < 1.29 is 9.53 Å². The zero-order valence-corrected chi connectivity index (χ0v) is 14.3. The third-order valence-electron chi connectivity index (χ3n) is 4.05. The highest BCUT2D eigenvalue weighted by molar-refractivity contribution is 5.99. The standard InChI is InChI=1S/C16H22N4O2.ClH/c1-11-5-15-13(6-14(11)16(21)18-3-4-22-2)10-20(19-15)9-12-7-17-8-12;/h5-6,10,12,17H,3-4,7-9H2,1-2H3,(H,18,21);1H. The van der Waals surface area contributed by atoms with E-state index < -0.39 is 0 Å². The molecule has 1 fully saturated rings. The van der Waals surface area contributed by atoms with Crippen LogP contribution in [0.1, 0.15) is 15.9 Å². The molecule has 1 aliphatic rings. The Labute approximate surface area is 142 Å². The highest BCUT2D eigenvalue weighted by Gasteiger charge is 2.18. The lowest BCUT2D eigenvalue weighted by molar-refractivity contribution is 0.0936. The Morgan fingerprint density at radius 2 is 2.26 bits per heavy atom. The molecule has 0 bridgehead atoms. The topological polar surface area (TPSA) is 68.2 Å². The molecule has 1 aromatic heterocycles. The van der Waals surface area contributed by atoms with E-state index in [1.165, 1.54) is 0 Å². The summed E-state index contributed by atoms with van der Waals surface area (Å²) in [7, 11) is 1.62. The van der Waals surface area contributed by atoms with Gasteiger partial charge in [0.05, 0.1) is 12.1 Å². The van der Waals surface area contributed by atoms with Crippen LogP contribution in [0.15, 0.2) is 18.3 Å². The van der Waals surface area contributed by atoms with E-state index in [4.69, 9.17) is 4.74 Å². The summed E-state index contributed by atoms with van der Waals surface area (Å²) in [6.07, 6.45) is 2.03. The van der Waals surface area contributed by atoms with Gasteiger partial charge in [-0.15, -0.1) is 12.4 Å². The van der Waals surface area contributed by atoms with Crippen molar-refractivity contribution in [2.75, 3.05) is 33.4 Å². The van der Waals surface area contributed by atoms with E-state index in [1.807, 2.05) is 29.9 Å². The first kappa shape index (κ1) is 17.7. The number of methoxy groups -OCH3 is 1. The minimum atomic E-state index is -0.0626. The fourth-order valence-corrected chi connectivity index (χ4v) is 2.67. The molecule has 1 aromatic carbocycles. The number of amides is 1. The van der Waals surface area contributed by atoms with E-state index in [2.05, 4.69) is 15.7 Å². The highest BCUT2D eigenvalue weighted by atomic mass is 35.5. The number of benzene rings is 1. The van der Waals surface area contributed by atoms with Gasteiger partial charge in [-0.25, -0.2) is 0 Å². The van der Waals surface area contributed by atoms with E-state index in [0.717, 1.165) is 36.1 Å². The Morgan fingerprint density at radius 1 is 1.48 bits per heavy atom. The van der Waals surface area contributed by atoms with Gasteiger partial charge >= 0.3 is 0 Å². The average Bonchev–Trinajstić information content (AvgIpc) is 2.83. The number of rotatable bonds is 6. The van der Waals surface area contributed by atoms with Crippen LogP contribution >= 0.6 is 12.4 Å². The molecule has 7 heteroatoms. The lowest BCUT2D eigenvalue weighted by Gasteiger charge is -2.26. The van der Waals surface area contributed by atoms with Gasteiger partial charge in [0.1, 0.15) is 0 Å². The zero-order chi connectivity index (χ0) is 15.5. The lowest BCUT2D eigenvalue weighted by atomic mass is 10.0. The number of halogens is 1. The van der Waals surface area contributed by atoms with Crippen molar-refractivity contribution in [2.24, 2.45) is 5.92 Å². The second-order valence-electron chi connectivity index (χ2n) is 5.85. The van der Waals surface area contributed by atoms with Crippen LogP contribution in [0, 0.1) is 12.8 Å². The van der Waals surface area contributed by atoms with Gasteiger partial charge in [0, 0.05) is 56.4 Å². The molecule has 6 nitrogen and oxygen atoms in total. The summed E-state index contributed by atoms with van der Waals surface area (Å²) in [4.78, 5) is 12.2. The van der Waals surface area contributed by atoms with Crippen molar-refractivity contribution >= 4 is 29.2 Å². The number of hydrogen-bond donors (Lipinski definition) is 2. The van der Waals surface area contributed by atoms with Gasteiger partial charge in [0.2, 0.25) is 0 Å². The number of hydrogen-bond acceptors (Lipinski definition) is 4. The molecule has 126 valence electrons. The average molecular weight is 339 g/mol. The number of nitrogens with one attached hydrogen (secondary N) is 2. The van der Waals surface area contributed by atoms with Crippen molar-refractivity contribution in [1.29, 1.82) is 0 Å². The molecule has 23 heavy (non-hydrogen) atoms. The van der Waals surface area contributed by atoms with Crippen molar-refractivity contribution in [3.05, 3.63) is 29.5 Å². The molecule has 0 spiro atoms. The molecular formula is C16H23ClN4O2. The molecule has 0 saturated carbocycles. The van der Waals surface area contributed by atoms with Crippen LogP contribution in [0.25, 0.3) is 10.9 Å². The number of ether oxygens (including phenoxy) is 1. The van der Waals surface area contributed by atoms with Gasteiger partial charge in [0.25, 0.3) is 5.91 Å². The van der Waals surface area contributed by atoms with Gasteiger partial charge in [-0.05, 0) is 24.6 Å². The second kappa shape index (κ2) is 7.77. The van der Waals surface area contributed by atoms with Gasteiger partial charge in [0.15, 0.2) is 0 Å². The zero-order valence-electron chi connectivity index (χ0n) is 13.5. The molecule has 0 radical (unpaired) electrons. The third kappa shape index (κ3) is 4.02. The number of carbonyl (C=O) groups is 1. The maximum Gasteiger partial charge on any atom is 0.251 e. The van der Waals surface area contributed by atoms with Crippen LogP contribution in [-0.2, 0) is 11.3 Å². The van der Waals surface area contributed by atoms with Crippen molar-refractivity contribution in [3.8, 4) is 0 Å². The largest absolute Gasteiger partial charge is 0.383 e. The first-order valence-electron chi connectivity index (χ1n) is 7.63. The van der Waals surface area contributed by atoms with Crippen LogP contribution in [0.4, 0.5) is 0 Å². The molecule has 0 unspecified atom stereocenters. The normalized spacial score (nSPS) is 14.3. The summed E-state index contributed by atoms with van der Waals surface area (Å²) in [6.45, 7) is 6.02. The highest BCUT2D eigenvalue weighted by Crippen LogP contribution is 2.19. The Morgan fingerprint density at radius 3 is 2.91 bits per heavy atom. The fourth-order valence-electron chi connectivity index (χ4n) is 2.67.